The number of ether oxygens (including phenoxy) is 2. The molecule has 2 heterocycles. The molecule has 1 unspecified atom stereocenters. The molecular weight excluding hydrogens is 232 g/mol. The zero-order chi connectivity index (χ0) is 12.5. The minimum Gasteiger partial charge on any atom is -0.485 e. The van der Waals surface area contributed by atoms with Crippen molar-refractivity contribution < 1.29 is 9.47 Å². The second-order valence-corrected chi connectivity index (χ2v) is 5.64. The predicted molar refractivity (Wildman–Crippen MR) is 72.5 cm³/mol. The second kappa shape index (κ2) is 4.73. The van der Waals surface area contributed by atoms with E-state index >= 15 is 0 Å². The molecule has 2 rings (SSSR count). The summed E-state index contributed by atoms with van der Waals surface area (Å²) < 4.78 is 11.6. The molecule has 17 heavy (non-hydrogen) atoms. The van der Waals surface area contributed by atoms with Gasteiger partial charge in [0.15, 0.2) is 11.5 Å². The number of thiophene rings is 1. The van der Waals surface area contributed by atoms with Crippen LogP contribution in [0.15, 0.2) is 12.7 Å². The van der Waals surface area contributed by atoms with Gasteiger partial charge in [0, 0.05) is 5.41 Å². The normalized spacial score (nSPS) is 17.6. The van der Waals surface area contributed by atoms with E-state index in [-0.39, 0.29) is 5.41 Å². The summed E-state index contributed by atoms with van der Waals surface area (Å²) in [6.45, 7) is 11.8. The van der Waals surface area contributed by atoms with Crippen molar-refractivity contribution in [2.45, 2.75) is 39.0 Å². The summed E-state index contributed by atoms with van der Waals surface area (Å²) in [7, 11) is 0. The van der Waals surface area contributed by atoms with Crippen LogP contribution in [0.4, 0.5) is 0 Å². The topological polar surface area (TPSA) is 18.5 Å². The largest absolute Gasteiger partial charge is 0.485 e. The van der Waals surface area contributed by atoms with E-state index in [0.717, 1.165) is 24.3 Å². The van der Waals surface area contributed by atoms with Gasteiger partial charge >= 0.3 is 0 Å². The van der Waals surface area contributed by atoms with Crippen LogP contribution in [0.2, 0.25) is 0 Å². The Hall–Kier alpha value is -0.960. The molecule has 1 aromatic rings. The molecule has 0 saturated carbocycles. The van der Waals surface area contributed by atoms with Crippen LogP contribution in [0, 0.1) is 0 Å². The molecule has 2 nitrogen and oxygen atoms in total. The molecule has 0 saturated heterocycles. The highest BCUT2D eigenvalue weighted by Crippen LogP contribution is 2.50. The SMILES string of the molecule is C=CC(C)(CC)c1sc(CC)c2c1OCCO2. The van der Waals surface area contributed by atoms with Crippen LogP contribution in [0.1, 0.15) is 36.9 Å². The highest BCUT2D eigenvalue weighted by Gasteiger charge is 2.33. The van der Waals surface area contributed by atoms with Gasteiger partial charge in [0.1, 0.15) is 13.2 Å². The predicted octanol–water partition coefficient (Wildman–Crippen LogP) is 3.94. The van der Waals surface area contributed by atoms with E-state index in [9.17, 15) is 0 Å². The Morgan fingerprint density at radius 2 is 1.94 bits per heavy atom. The van der Waals surface area contributed by atoms with Crippen molar-refractivity contribution in [2.24, 2.45) is 0 Å². The molecule has 0 spiro atoms. The molecule has 94 valence electrons. The minimum absolute atomic E-state index is 0.0110. The highest BCUT2D eigenvalue weighted by molar-refractivity contribution is 7.13. The van der Waals surface area contributed by atoms with Crippen molar-refractivity contribution in [2.75, 3.05) is 13.2 Å². The first-order chi connectivity index (χ1) is 8.16. The second-order valence-electron chi connectivity index (χ2n) is 4.54. The first kappa shape index (κ1) is 12.5. The van der Waals surface area contributed by atoms with Gasteiger partial charge < -0.3 is 9.47 Å². The van der Waals surface area contributed by atoms with E-state index in [1.165, 1.54) is 9.75 Å². The van der Waals surface area contributed by atoms with E-state index in [2.05, 4.69) is 27.4 Å². The first-order valence-corrected chi connectivity index (χ1v) is 7.03. The van der Waals surface area contributed by atoms with Gasteiger partial charge in [-0.05, 0) is 12.8 Å². The van der Waals surface area contributed by atoms with Gasteiger partial charge in [-0.1, -0.05) is 26.8 Å². The maximum absolute atomic E-state index is 5.82. The minimum atomic E-state index is -0.0110. The Morgan fingerprint density at radius 1 is 1.29 bits per heavy atom. The Kier molecular flexibility index (Phi) is 3.48. The van der Waals surface area contributed by atoms with Gasteiger partial charge in [0.25, 0.3) is 0 Å². The van der Waals surface area contributed by atoms with Gasteiger partial charge in [-0.15, -0.1) is 17.9 Å². The van der Waals surface area contributed by atoms with E-state index in [0.29, 0.717) is 13.2 Å². The van der Waals surface area contributed by atoms with Gasteiger partial charge in [-0.2, -0.15) is 0 Å². The van der Waals surface area contributed by atoms with Crippen molar-refractivity contribution in [1.82, 2.24) is 0 Å². The molecule has 0 amide bonds. The monoisotopic (exact) mass is 252 g/mol. The van der Waals surface area contributed by atoms with E-state index in [4.69, 9.17) is 9.47 Å². The molecule has 1 aliphatic heterocycles. The quantitative estimate of drug-likeness (QED) is 0.756. The molecule has 0 N–H and O–H groups in total. The lowest BCUT2D eigenvalue weighted by Crippen LogP contribution is -2.20. The molecule has 1 aliphatic rings. The summed E-state index contributed by atoms with van der Waals surface area (Å²) in [4.78, 5) is 2.55. The highest BCUT2D eigenvalue weighted by atomic mass is 32.1. The summed E-state index contributed by atoms with van der Waals surface area (Å²) in [6.07, 6.45) is 4.04. The molecule has 0 bridgehead atoms. The number of hydrogen-bond donors (Lipinski definition) is 0. The zero-order valence-corrected chi connectivity index (χ0v) is 11.7. The third-order valence-electron chi connectivity index (χ3n) is 3.49. The van der Waals surface area contributed by atoms with Crippen LogP contribution < -0.4 is 9.47 Å². The van der Waals surface area contributed by atoms with Crippen molar-refractivity contribution in [3.8, 4) is 11.5 Å². The van der Waals surface area contributed by atoms with Crippen molar-refractivity contribution >= 4 is 11.3 Å². The van der Waals surface area contributed by atoms with Gasteiger partial charge in [0.2, 0.25) is 0 Å². The molecule has 0 fully saturated rings. The summed E-state index contributed by atoms with van der Waals surface area (Å²) in [6, 6.07) is 0. The number of aryl methyl sites for hydroxylation is 1. The van der Waals surface area contributed by atoms with Crippen LogP contribution in [-0.4, -0.2) is 13.2 Å². The molecule has 0 radical (unpaired) electrons. The Labute approximate surface area is 107 Å². The lowest BCUT2D eigenvalue weighted by Gasteiger charge is -2.25. The Morgan fingerprint density at radius 3 is 2.47 bits per heavy atom. The van der Waals surface area contributed by atoms with E-state index < -0.39 is 0 Å². The average molecular weight is 252 g/mol. The first-order valence-electron chi connectivity index (χ1n) is 6.21. The van der Waals surface area contributed by atoms with E-state index in [1.54, 1.807) is 0 Å². The van der Waals surface area contributed by atoms with Crippen LogP contribution in [0.5, 0.6) is 11.5 Å². The number of fused-ring (bicyclic) bond motifs is 1. The maximum Gasteiger partial charge on any atom is 0.176 e. The van der Waals surface area contributed by atoms with Crippen LogP contribution >= 0.6 is 11.3 Å². The Balaban J connectivity index is 2.54. The summed E-state index contributed by atoms with van der Waals surface area (Å²) in [5.41, 5.74) is -0.0110. The molecular formula is C14H20O2S. The molecule has 1 aromatic heterocycles. The number of allylic oxidation sites excluding steroid dienone is 1. The third-order valence-corrected chi connectivity index (χ3v) is 5.07. The molecule has 0 aliphatic carbocycles. The summed E-state index contributed by atoms with van der Waals surface area (Å²) >= 11 is 1.81. The van der Waals surface area contributed by atoms with Gasteiger partial charge in [-0.3, -0.25) is 0 Å². The van der Waals surface area contributed by atoms with Crippen molar-refractivity contribution in [3.63, 3.8) is 0 Å². The van der Waals surface area contributed by atoms with Gasteiger partial charge in [0.05, 0.1) is 9.75 Å². The van der Waals surface area contributed by atoms with Gasteiger partial charge in [-0.25, -0.2) is 0 Å². The van der Waals surface area contributed by atoms with E-state index in [1.807, 2.05) is 17.4 Å². The smallest absolute Gasteiger partial charge is 0.176 e. The third kappa shape index (κ3) is 1.97. The summed E-state index contributed by atoms with van der Waals surface area (Å²) in [5.74, 6) is 1.93. The number of hydrogen-bond acceptors (Lipinski definition) is 3. The summed E-state index contributed by atoms with van der Waals surface area (Å²) in [5, 5.41) is 0. The Bertz CT molecular complexity index is 422. The van der Waals surface area contributed by atoms with Crippen LogP contribution in [0.3, 0.4) is 0 Å². The van der Waals surface area contributed by atoms with Crippen molar-refractivity contribution in [3.05, 3.63) is 22.4 Å². The lowest BCUT2D eigenvalue weighted by atomic mass is 9.85. The fraction of sp³-hybridized carbons (Fsp3) is 0.571. The van der Waals surface area contributed by atoms with Crippen LogP contribution in [-0.2, 0) is 11.8 Å². The average Bonchev–Trinajstić information content (AvgIpc) is 2.77. The maximum atomic E-state index is 5.82. The fourth-order valence-corrected chi connectivity index (χ4v) is 3.36. The van der Waals surface area contributed by atoms with Crippen LogP contribution in [0.25, 0.3) is 0 Å². The number of rotatable bonds is 4. The standard InChI is InChI=1S/C14H20O2S/c1-5-10-11-12(16-9-8-15-11)13(17-10)14(4,6-2)7-3/h6H,2,5,7-9H2,1,3-4H3. The molecule has 0 aromatic carbocycles. The zero-order valence-electron chi connectivity index (χ0n) is 10.8. The lowest BCUT2D eigenvalue weighted by molar-refractivity contribution is 0.169. The molecule has 3 heteroatoms. The fourth-order valence-electron chi connectivity index (χ4n) is 2.02. The molecule has 1 atom stereocenters. The van der Waals surface area contributed by atoms with Crippen molar-refractivity contribution in [1.29, 1.82) is 0 Å².